The van der Waals surface area contributed by atoms with Gasteiger partial charge < -0.3 is 44.7 Å². The number of urea groups is 1. The van der Waals surface area contributed by atoms with Gasteiger partial charge in [-0.3, -0.25) is 14.4 Å². The summed E-state index contributed by atoms with van der Waals surface area (Å²) >= 11 is 6.37. The number of aliphatic hydroxyl groups is 1. The van der Waals surface area contributed by atoms with Crippen molar-refractivity contribution >= 4 is 75.4 Å². The number of tetrazole rings is 1. The molecule has 20 nitrogen and oxygen atoms in total. The molecule has 5 aromatic rings. The molecule has 5 amide bonds. The number of nitrogens with one attached hydrogen (secondary N) is 2. The van der Waals surface area contributed by atoms with Crippen molar-refractivity contribution in [2.24, 2.45) is 0 Å². The van der Waals surface area contributed by atoms with Gasteiger partial charge in [-0.05, 0) is 125 Å². The fourth-order valence-electron chi connectivity index (χ4n) is 8.64. The molecule has 21 heteroatoms. The average Bonchev–Trinajstić information content (AvgIpc) is 4.03. The number of ether oxygens (including phenoxy) is 3. The first kappa shape index (κ1) is 47.6. The molecule has 3 N–H and O–H groups in total. The van der Waals surface area contributed by atoms with Crippen molar-refractivity contribution in [3.8, 4) is 5.69 Å². The molecule has 2 atom stereocenters. The lowest BCUT2D eigenvalue weighted by atomic mass is 9.88. The van der Waals surface area contributed by atoms with Crippen LogP contribution in [0.25, 0.3) is 16.6 Å². The van der Waals surface area contributed by atoms with E-state index >= 15 is 0 Å². The van der Waals surface area contributed by atoms with Crippen LogP contribution in [-0.4, -0.2) is 137 Å². The van der Waals surface area contributed by atoms with Crippen molar-refractivity contribution in [3.63, 3.8) is 0 Å². The predicted molar refractivity (Wildman–Crippen MR) is 249 cm³/mol. The van der Waals surface area contributed by atoms with Crippen molar-refractivity contribution in [3.05, 3.63) is 89.3 Å². The van der Waals surface area contributed by atoms with Crippen LogP contribution in [0.4, 0.5) is 26.7 Å². The number of halogens is 1. The summed E-state index contributed by atoms with van der Waals surface area (Å²) in [5.41, 5.74) is 0.130. The Labute approximate surface area is 396 Å². The van der Waals surface area contributed by atoms with Gasteiger partial charge in [0.25, 0.3) is 0 Å². The van der Waals surface area contributed by atoms with Crippen LogP contribution in [0.2, 0.25) is 5.02 Å². The normalized spacial score (nSPS) is 17.9. The number of esters is 1. The molecular weight excluding hydrogens is 900 g/mol. The second-order valence-corrected chi connectivity index (χ2v) is 19.6. The predicted octanol–water partition coefficient (Wildman–Crippen LogP) is 5.58. The third-order valence-electron chi connectivity index (χ3n) is 11.8. The Balaban J connectivity index is 1.05. The van der Waals surface area contributed by atoms with E-state index in [1.165, 1.54) is 32.9 Å². The van der Waals surface area contributed by atoms with E-state index in [0.717, 1.165) is 4.57 Å². The van der Waals surface area contributed by atoms with Gasteiger partial charge >= 0.3 is 29.9 Å². The molecule has 0 saturated carbocycles. The lowest BCUT2D eigenvalue weighted by molar-refractivity contribution is -0.149. The number of piperazine rings is 1. The Hall–Kier alpha value is -6.90. The minimum absolute atomic E-state index is 0.0172. The van der Waals surface area contributed by atoms with Crippen LogP contribution in [0.5, 0.6) is 0 Å². The Kier molecular flexibility index (Phi) is 13.0. The van der Waals surface area contributed by atoms with Crippen molar-refractivity contribution in [2.75, 3.05) is 48.3 Å². The lowest BCUT2D eigenvalue weighted by Gasteiger charge is -2.38. The summed E-state index contributed by atoms with van der Waals surface area (Å²) in [5.74, 6) is -3.26. The number of hydrogen-bond acceptors (Lipinski definition) is 13. The maximum atomic E-state index is 14.6. The second kappa shape index (κ2) is 18.6. The number of anilines is 3. The summed E-state index contributed by atoms with van der Waals surface area (Å²) in [6, 6.07) is 16.2. The van der Waals surface area contributed by atoms with E-state index < -0.39 is 58.7 Å². The fourth-order valence-corrected chi connectivity index (χ4v) is 8.80. The van der Waals surface area contributed by atoms with Gasteiger partial charge in [0.15, 0.2) is 0 Å². The van der Waals surface area contributed by atoms with Crippen molar-refractivity contribution in [1.82, 2.24) is 34.6 Å². The number of nitrogens with zero attached hydrogens (tertiary/aromatic N) is 8. The number of aliphatic hydroxyl groups excluding tert-OH is 1. The number of carbonyl (C=O) groups is 6. The van der Waals surface area contributed by atoms with E-state index in [2.05, 4.69) is 26.2 Å². The molecule has 3 saturated heterocycles. The van der Waals surface area contributed by atoms with Crippen LogP contribution in [0.3, 0.4) is 0 Å². The summed E-state index contributed by atoms with van der Waals surface area (Å²) in [6.07, 6.45) is 1.80. The highest BCUT2D eigenvalue weighted by Crippen LogP contribution is 2.36. The van der Waals surface area contributed by atoms with E-state index in [9.17, 15) is 33.9 Å². The molecule has 3 aromatic carbocycles. The molecule has 0 radical (unpaired) electrons. The van der Waals surface area contributed by atoms with E-state index in [4.69, 9.17) is 25.8 Å². The number of piperidine rings is 1. The summed E-state index contributed by atoms with van der Waals surface area (Å²) < 4.78 is 19.6. The number of amides is 5. The number of likely N-dealkylation sites (tertiary alicyclic amines) is 1. The molecule has 3 fully saturated rings. The molecule has 8 rings (SSSR count). The smallest absolute Gasteiger partial charge is 0.419 e. The van der Waals surface area contributed by atoms with E-state index in [0.29, 0.717) is 71.8 Å². The third kappa shape index (κ3) is 10.5. The highest BCUT2D eigenvalue weighted by molar-refractivity contribution is 6.41. The van der Waals surface area contributed by atoms with Gasteiger partial charge in [-0.2, -0.15) is 4.68 Å². The highest BCUT2D eigenvalue weighted by atomic mass is 35.5. The molecule has 3 aliphatic heterocycles. The van der Waals surface area contributed by atoms with Crippen LogP contribution >= 0.6 is 11.6 Å². The highest BCUT2D eigenvalue weighted by Gasteiger charge is 2.44. The topological polar surface area (TPSA) is 233 Å². The van der Waals surface area contributed by atoms with Crippen LogP contribution in [0.15, 0.2) is 73.1 Å². The summed E-state index contributed by atoms with van der Waals surface area (Å²) in [4.78, 5) is 87.4. The summed E-state index contributed by atoms with van der Waals surface area (Å²) in [5, 5.41) is 27.8. The molecular formula is C47H53ClN10O10. The van der Waals surface area contributed by atoms with Crippen LogP contribution in [0, 0.1) is 0 Å². The Bertz CT molecular complexity index is 2760. The maximum absolute atomic E-state index is 14.6. The van der Waals surface area contributed by atoms with Crippen molar-refractivity contribution in [2.45, 2.75) is 96.2 Å². The maximum Gasteiger partial charge on any atom is 0.419 e. The monoisotopic (exact) mass is 952 g/mol. The summed E-state index contributed by atoms with van der Waals surface area (Å²) in [7, 11) is 0. The largest absolute Gasteiger partial charge is 0.455 e. The number of carbonyl (C=O) groups excluding carboxylic acids is 6. The Morgan fingerprint density at radius 3 is 2.21 bits per heavy atom. The first-order valence-electron chi connectivity index (χ1n) is 22.2. The molecule has 68 heavy (non-hydrogen) atoms. The molecule has 3 aliphatic rings. The lowest BCUT2D eigenvalue weighted by Crippen LogP contribution is -2.60. The van der Waals surface area contributed by atoms with Gasteiger partial charge in [0, 0.05) is 60.8 Å². The Morgan fingerprint density at radius 1 is 0.853 bits per heavy atom. The minimum Gasteiger partial charge on any atom is -0.455 e. The number of rotatable bonds is 9. The third-order valence-corrected chi connectivity index (χ3v) is 12.0. The van der Waals surface area contributed by atoms with Gasteiger partial charge in [-0.25, -0.2) is 19.0 Å². The SMILES string of the molecule is CC(C)(C)OC(=O)c1cc2cc(NC(=O)[C@H](Cc3ccc(NC(=O)N4CCC5(CC4)CC(O)CO5)cc3)N3CCN(c4cc(Cl)ccc4-n4cnnn4)C(=O)C3=O)ccc2n1C(=O)OC(C)(C)C. The van der Waals surface area contributed by atoms with E-state index in [1.807, 2.05) is 0 Å². The zero-order chi connectivity index (χ0) is 48.7. The van der Waals surface area contributed by atoms with Gasteiger partial charge in [-0.15, -0.1) is 5.10 Å². The zero-order valence-corrected chi connectivity index (χ0v) is 39.3. The molecule has 1 unspecified atom stereocenters. The van der Waals surface area contributed by atoms with E-state index in [1.54, 1.807) is 101 Å². The first-order chi connectivity index (χ1) is 32.2. The second-order valence-electron chi connectivity index (χ2n) is 19.1. The standard InChI is InChI=1S/C47H53ClN10O10/c1-45(2,3)67-42(63)38-23-29-22-32(12-14-34(29)58(38)44(65)68-46(4,5)6)50-39(60)37(56-20-19-55(40(61)41(56)62)36-24-30(48)9-13-35(36)57-27-49-52-53-57)21-28-7-10-31(11-8-28)51-43(64)54-17-15-47(16-18-54)25-33(59)26-66-47/h7-14,22-24,27,33,37,59H,15-21,25-26H2,1-6H3,(H,50,60)(H,51,64)/t33?,37-/m0/s1. The summed E-state index contributed by atoms with van der Waals surface area (Å²) in [6.45, 7) is 11.4. The van der Waals surface area contributed by atoms with Crippen LogP contribution in [0.1, 0.15) is 76.9 Å². The zero-order valence-electron chi connectivity index (χ0n) is 38.5. The van der Waals surface area contributed by atoms with Crippen LogP contribution in [-0.2, 0) is 35.0 Å². The number of fused-ring (bicyclic) bond motifs is 1. The van der Waals surface area contributed by atoms with Crippen molar-refractivity contribution < 1.29 is 48.1 Å². The molecule has 0 aliphatic carbocycles. The molecule has 5 heterocycles. The molecule has 1 spiro atoms. The molecule has 358 valence electrons. The average molecular weight is 953 g/mol. The van der Waals surface area contributed by atoms with Crippen LogP contribution < -0.4 is 15.5 Å². The minimum atomic E-state index is -1.23. The van der Waals surface area contributed by atoms with Gasteiger partial charge in [-0.1, -0.05) is 23.7 Å². The van der Waals surface area contributed by atoms with Gasteiger partial charge in [0.05, 0.1) is 35.2 Å². The molecule has 0 bridgehead atoms. The van der Waals surface area contributed by atoms with Gasteiger partial charge in [0.1, 0.15) is 29.3 Å². The quantitative estimate of drug-likeness (QED) is 0.121. The Morgan fingerprint density at radius 2 is 1.56 bits per heavy atom. The number of benzene rings is 3. The van der Waals surface area contributed by atoms with Crippen molar-refractivity contribution in [1.29, 1.82) is 0 Å². The number of aromatic nitrogens is 5. The molecule has 2 aromatic heterocycles. The van der Waals surface area contributed by atoms with Gasteiger partial charge in [0.2, 0.25) is 5.91 Å². The first-order valence-corrected chi connectivity index (χ1v) is 22.6. The van der Waals surface area contributed by atoms with E-state index in [-0.39, 0.29) is 42.6 Å². The fraction of sp³-hybridized carbons (Fsp3) is 0.426. The number of hydrogen-bond donors (Lipinski definition) is 3.